The molecule has 3 aromatic heterocycles. The number of hydrogen-bond donors (Lipinski definition) is 0. The second-order valence-corrected chi connectivity index (χ2v) is 8.15. The number of pyridine rings is 2. The minimum absolute atomic E-state index is 0.189. The van der Waals surface area contributed by atoms with Gasteiger partial charge in [0.25, 0.3) is 5.56 Å². The third-order valence-electron chi connectivity index (χ3n) is 6.07. The number of aromatic nitrogens is 3. The first kappa shape index (κ1) is 21.2. The fourth-order valence-corrected chi connectivity index (χ4v) is 4.09. The lowest BCUT2D eigenvalue weighted by Gasteiger charge is -2.14. The van der Waals surface area contributed by atoms with E-state index in [0.29, 0.717) is 16.7 Å². The topological polar surface area (TPSA) is 63.6 Å². The highest BCUT2D eigenvalue weighted by Gasteiger charge is 2.15. The van der Waals surface area contributed by atoms with Gasteiger partial charge in [0.05, 0.1) is 17.3 Å². The maximum Gasteiger partial charge on any atom is 0.263 e. The predicted octanol–water partition coefficient (Wildman–Crippen LogP) is 5.85. The number of rotatable bonds is 4. The summed E-state index contributed by atoms with van der Waals surface area (Å²) in [7, 11) is 0. The minimum Gasteiger partial charge on any atom is -0.306 e. The van der Waals surface area contributed by atoms with E-state index in [1.807, 2.05) is 79.1 Å². The highest BCUT2D eigenvalue weighted by atomic mass is 16.1. The van der Waals surface area contributed by atoms with Gasteiger partial charge in [-0.3, -0.25) is 9.36 Å². The van der Waals surface area contributed by atoms with Crippen molar-refractivity contribution in [3.05, 3.63) is 124 Å². The number of hydrogen-bond acceptors (Lipinski definition) is 3. The highest BCUT2D eigenvalue weighted by molar-refractivity contribution is 5.75. The quantitative estimate of drug-likeness (QED) is 0.351. The molecule has 0 fully saturated rings. The lowest BCUT2D eigenvalue weighted by molar-refractivity contribution is 0.954. The van der Waals surface area contributed by atoms with Crippen LogP contribution in [0.3, 0.4) is 0 Å². The number of benzene rings is 2. The molecule has 5 rings (SSSR count). The van der Waals surface area contributed by atoms with Crippen LogP contribution < -0.4 is 5.56 Å². The van der Waals surface area contributed by atoms with Crippen LogP contribution in [-0.4, -0.2) is 14.1 Å². The molecule has 0 aliphatic carbocycles. The van der Waals surface area contributed by atoms with Crippen molar-refractivity contribution in [2.45, 2.75) is 13.8 Å². The lowest BCUT2D eigenvalue weighted by atomic mass is 9.99. The van der Waals surface area contributed by atoms with Crippen LogP contribution in [0, 0.1) is 25.2 Å². The number of nitriles is 1. The Labute approximate surface area is 197 Å². The van der Waals surface area contributed by atoms with E-state index in [1.165, 1.54) is 5.56 Å². The molecule has 0 aliphatic rings. The molecule has 34 heavy (non-hydrogen) atoms. The van der Waals surface area contributed by atoms with Crippen molar-refractivity contribution in [2.75, 3.05) is 0 Å². The van der Waals surface area contributed by atoms with Gasteiger partial charge in [-0.15, -0.1) is 0 Å². The highest BCUT2D eigenvalue weighted by Crippen LogP contribution is 2.27. The van der Waals surface area contributed by atoms with Crippen LogP contribution in [-0.2, 0) is 0 Å². The third-order valence-corrected chi connectivity index (χ3v) is 6.07. The summed E-state index contributed by atoms with van der Waals surface area (Å²) in [6.45, 7) is 4.14. The van der Waals surface area contributed by atoms with Gasteiger partial charge >= 0.3 is 0 Å². The lowest BCUT2D eigenvalue weighted by Crippen LogP contribution is -2.20. The van der Waals surface area contributed by atoms with E-state index in [-0.39, 0.29) is 5.56 Å². The first-order chi connectivity index (χ1) is 16.6. The van der Waals surface area contributed by atoms with Gasteiger partial charge in [-0.1, -0.05) is 42.5 Å². The van der Waals surface area contributed by atoms with Crippen LogP contribution in [0.1, 0.15) is 16.8 Å². The van der Waals surface area contributed by atoms with Crippen molar-refractivity contribution < 1.29 is 0 Å². The third kappa shape index (κ3) is 3.72. The summed E-state index contributed by atoms with van der Waals surface area (Å²) >= 11 is 0. The van der Waals surface area contributed by atoms with Gasteiger partial charge in [-0.25, -0.2) is 4.98 Å². The Balaban J connectivity index is 1.76. The van der Waals surface area contributed by atoms with Gasteiger partial charge in [-0.05, 0) is 61.9 Å². The van der Waals surface area contributed by atoms with Gasteiger partial charge in [0.2, 0.25) is 0 Å². The van der Waals surface area contributed by atoms with Crippen LogP contribution in [0.25, 0.3) is 33.9 Å². The summed E-state index contributed by atoms with van der Waals surface area (Å²) in [5.74, 6) is 0.805. The van der Waals surface area contributed by atoms with Crippen LogP contribution in [0.5, 0.6) is 0 Å². The summed E-state index contributed by atoms with van der Waals surface area (Å²) in [6.07, 6.45) is 3.83. The molecule has 5 aromatic rings. The second kappa shape index (κ2) is 8.68. The standard InChI is InChI=1S/C29H22N4O/c1-20-15-16-32(21(20)2)28-14-8-13-27(31-28)23-17-26(25-12-7-6-9-22(25)18-30)29(34)33(19-23)24-10-4-3-5-11-24/h3-17,19H,1-2H3. The zero-order valence-corrected chi connectivity index (χ0v) is 18.9. The van der Waals surface area contributed by atoms with E-state index in [0.717, 1.165) is 28.5 Å². The molecule has 0 spiro atoms. The molecule has 0 aliphatic heterocycles. The Morgan fingerprint density at radius 2 is 1.59 bits per heavy atom. The molecule has 5 nitrogen and oxygen atoms in total. The first-order valence-corrected chi connectivity index (χ1v) is 11.0. The van der Waals surface area contributed by atoms with E-state index < -0.39 is 0 Å². The van der Waals surface area contributed by atoms with Crippen molar-refractivity contribution in [1.29, 1.82) is 5.26 Å². The maximum absolute atomic E-state index is 13.6. The number of aryl methyl sites for hydroxylation is 1. The van der Waals surface area contributed by atoms with Crippen molar-refractivity contribution in [1.82, 2.24) is 14.1 Å². The fourth-order valence-electron chi connectivity index (χ4n) is 4.09. The molecule has 0 saturated carbocycles. The van der Waals surface area contributed by atoms with E-state index >= 15 is 0 Å². The molecule has 5 heteroatoms. The fraction of sp³-hybridized carbons (Fsp3) is 0.0690. The smallest absolute Gasteiger partial charge is 0.263 e. The molecule has 164 valence electrons. The zero-order chi connectivity index (χ0) is 23.7. The van der Waals surface area contributed by atoms with Crippen LogP contribution in [0.4, 0.5) is 0 Å². The summed E-state index contributed by atoms with van der Waals surface area (Å²) < 4.78 is 3.68. The first-order valence-electron chi connectivity index (χ1n) is 11.0. The van der Waals surface area contributed by atoms with Crippen molar-refractivity contribution in [2.24, 2.45) is 0 Å². The molecule has 0 amide bonds. The number of para-hydroxylation sites is 1. The normalized spacial score (nSPS) is 10.7. The molecule has 0 unspecified atom stereocenters. The molecule has 0 N–H and O–H groups in total. The molecule has 0 bridgehead atoms. The SMILES string of the molecule is Cc1ccn(-c2cccc(-c3cc(-c4ccccc4C#N)c(=O)n(-c4ccccc4)c3)n2)c1C. The summed E-state index contributed by atoms with van der Waals surface area (Å²) in [5.41, 5.74) is 5.93. The molecular formula is C29H22N4O. The van der Waals surface area contributed by atoms with E-state index in [2.05, 4.69) is 30.6 Å². The molecule has 0 saturated heterocycles. The average molecular weight is 443 g/mol. The molecule has 3 heterocycles. The van der Waals surface area contributed by atoms with E-state index in [1.54, 1.807) is 16.7 Å². The van der Waals surface area contributed by atoms with Gasteiger partial charge in [-0.2, -0.15) is 5.26 Å². The Hall–Kier alpha value is -4.69. The van der Waals surface area contributed by atoms with Crippen LogP contribution >= 0.6 is 0 Å². The molecule has 0 atom stereocenters. The minimum atomic E-state index is -0.189. The van der Waals surface area contributed by atoms with Gasteiger partial charge < -0.3 is 4.57 Å². The Morgan fingerprint density at radius 1 is 0.824 bits per heavy atom. The summed E-state index contributed by atoms with van der Waals surface area (Å²) in [4.78, 5) is 18.5. The Morgan fingerprint density at radius 3 is 2.32 bits per heavy atom. The molecular weight excluding hydrogens is 420 g/mol. The average Bonchev–Trinajstić information content (AvgIpc) is 3.22. The van der Waals surface area contributed by atoms with Gasteiger partial charge in [0.1, 0.15) is 5.82 Å². The van der Waals surface area contributed by atoms with Gasteiger partial charge in [0, 0.05) is 40.5 Å². The van der Waals surface area contributed by atoms with Crippen molar-refractivity contribution in [3.8, 4) is 40.0 Å². The van der Waals surface area contributed by atoms with Crippen LogP contribution in [0.15, 0.2) is 102 Å². The van der Waals surface area contributed by atoms with Crippen molar-refractivity contribution >= 4 is 0 Å². The maximum atomic E-state index is 13.6. The summed E-state index contributed by atoms with van der Waals surface area (Å²) in [6, 6.07) is 28.6. The van der Waals surface area contributed by atoms with Crippen molar-refractivity contribution in [3.63, 3.8) is 0 Å². The van der Waals surface area contributed by atoms with E-state index in [4.69, 9.17) is 4.98 Å². The van der Waals surface area contributed by atoms with Gasteiger partial charge in [0.15, 0.2) is 0 Å². The van der Waals surface area contributed by atoms with Crippen LogP contribution in [0.2, 0.25) is 0 Å². The Kier molecular flexibility index (Phi) is 5.41. The predicted molar refractivity (Wildman–Crippen MR) is 134 cm³/mol. The Bertz CT molecular complexity index is 1600. The molecule has 0 radical (unpaired) electrons. The summed E-state index contributed by atoms with van der Waals surface area (Å²) in [5, 5.41) is 9.66. The monoisotopic (exact) mass is 442 g/mol. The number of nitrogens with zero attached hydrogens (tertiary/aromatic N) is 4. The van der Waals surface area contributed by atoms with E-state index in [9.17, 15) is 10.1 Å². The zero-order valence-electron chi connectivity index (χ0n) is 18.9. The molecule has 2 aromatic carbocycles. The second-order valence-electron chi connectivity index (χ2n) is 8.15. The largest absolute Gasteiger partial charge is 0.306 e.